The van der Waals surface area contributed by atoms with Crippen molar-refractivity contribution in [2.24, 2.45) is 0 Å². The zero-order valence-electron chi connectivity index (χ0n) is 8.37. The Morgan fingerprint density at radius 2 is 1.88 bits per heavy atom. The first-order chi connectivity index (χ1) is 7.77. The molecule has 1 heterocycles. The summed E-state index contributed by atoms with van der Waals surface area (Å²) in [6, 6.07) is 11.2. The second-order valence-electron chi connectivity index (χ2n) is 3.17. The van der Waals surface area contributed by atoms with Gasteiger partial charge in [-0.3, -0.25) is 10.1 Å². The van der Waals surface area contributed by atoms with Crippen LogP contribution in [-0.4, -0.2) is 4.92 Å². The molecule has 1 aromatic heterocycles. The highest BCUT2D eigenvalue weighted by molar-refractivity contribution is 7.11. The molecule has 0 spiro atoms. The van der Waals surface area contributed by atoms with Crippen molar-refractivity contribution in [2.45, 2.75) is 0 Å². The molecule has 16 heavy (non-hydrogen) atoms. The summed E-state index contributed by atoms with van der Waals surface area (Å²) in [7, 11) is 0. The van der Waals surface area contributed by atoms with Gasteiger partial charge in [0.1, 0.15) is 4.88 Å². The second-order valence-corrected chi connectivity index (χ2v) is 4.12. The quantitative estimate of drug-likeness (QED) is 0.595. The van der Waals surface area contributed by atoms with E-state index in [1.54, 1.807) is 11.5 Å². The topological polar surface area (TPSA) is 43.1 Å². The lowest BCUT2D eigenvalue weighted by atomic mass is 10.2. The molecular formula is C12H9NO2S. The molecule has 0 amide bonds. The van der Waals surface area contributed by atoms with Gasteiger partial charge in [-0.2, -0.15) is 0 Å². The Labute approximate surface area is 96.8 Å². The molecule has 3 nitrogen and oxygen atoms in total. The standard InChI is InChI=1S/C12H9NO2S/c14-13(15)11-8-9-16-12(11)7-6-10-4-2-1-3-5-10/h1-9H/b7-6+. The molecule has 0 aliphatic heterocycles. The fourth-order valence-electron chi connectivity index (χ4n) is 1.33. The van der Waals surface area contributed by atoms with Gasteiger partial charge in [-0.25, -0.2) is 0 Å². The summed E-state index contributed by atoms with van der Waals surface area (Å²) in [5.41, 5.74) is 1.20. The molecule has 1 aromatic carbocycles. The van der Waals surface area contributed by atoms with E-state index in [-0.39, 0.29) is 10.6 Å². The van der Waals surface area contributed by atoms with Crippen LogP contribution in [0.15, 0.2) is 41.8 Å². The minimum atomic E-state index is -0.360. The molecule has 0 unspecified atom stereocenters. The highest BCUT2D eigenvalue weighted by Gasteiger charge is 2.11. The van der Waals surface area contributed by atoms with Crippen LogP contribution in [-0.2, 0) is 0 Å². The van der Waals surface area contributed by atoms with Gasteiger partial charge in [0, 0.05) is 6.07 Å². The van der Waals surface area contributed by atoms with E-state index >= 15 is 0 Å². The normalized spacial score (nSPS) is 10.8. The lowest BCUT2D eigenvalue weighted by Crippen LogP contribution is -1.85. The van der Waals surface area contributed by atoms with Crippen molar-refractivity contribution in [3.05, 3.63) is 62.3 Å². The van der Waals surface area contributed by atoms with Crippen molar-refractivity contribution in [3.8, 4) is 0 Å². The molecule has 0 saturated heterocycles. The Morgan fingerprint density at radius 3 is 2.56 bits per heavy atom. The third-order valence-corrected chi connectivity index (χ3v) is 2.97. The van der Waals surface area contributed by atoms with Crippen LogP contribution < -0.4 is 0 Å². The van der Waals surface area contributed by atoms with Gasteiger partial charge in [0.25, 0.3) is 5.69 Å². The summed E-state index contributed by atoms with van der Waals surface area (Å²) >= 11 is 1.37. The molecule has 0 aliphatic rings. The minimum absolute atomic E-state index is 0.164. The molecule has 0 radical (unpaired) electrons. The van der Waals surface area contributed by atoms with Crippen molar-refractivity contribution in [1.29, 1.82) is 0 Å². The second kappa shape index (κ2) is 4.72. The van der Waals surface area contributed by atoms with E-state index in [2.05, 4.69) is 0 Å². The van der Waals surface area contributed by atoms with E-state index in [9.17, 15) is 10.1 Å². The largest absolute Gasteiger partial charge is 0.287 e. The van der Waals surface area contributed by atoms with E-state index in [1.165, 1.54) is 17.4 Å². The Kier molecular flexibility index (Phi) is 3.12. The van der Waals surface area contributed by atoms with Gasteiger partial charge in [-0.1, -0.05) is 36.4 Å². The van der Waals surface area contributed by atoms with E-state index < -0.39 is 0 Å². The molecule has 0 aliphatic carbocycles. The van der Waals surface area contributed by atoms with Crippen molar-refractivity contribution < 1.29 is 4.92 Å². The van der Waals surface area contributed by atoms with Crippen LogP contribution in [0.3, 0.4) is 0 Å². The van der Waals surface area contributed by atoms with Gasteiger partial charge in [0.2, 0.25) is 0 Å². The van der Waals surface area contributed by atoms with E-state index in [0.29, 0.717) is 4.88 Å². The van der Waals surface area contributed by atoms with Gasteiger partial charge in [-0.05, 0) is 17.0 Å². The maximum absolute atomic E-state index is 10.7. The summed E-state index contributed by atoms with van der Waals surface area (Å²) in [5, 5.41) is 12.4. The molecule has 0 atom stereocenters. The monoisotopic (exact) mass is 231 g/mol. The molecule has 0 bridgehead atoms. The van der Waals surface area contributed by atoms with Crippen LogP contribution in [0.4, 0.5) is 5.69 Å². The predicted octanol–water partition coefficient (Wildman–Crippen LogP) is 3.83. The molecule has 2 rings (SSSR count). The van der Waals surface area contributed by atoms with E-state index in [0.717, 1.165) is 5.56 Å². The van der Waals surface area contributed by atoms with Gasteiger partial charge in [0.05, 0.1) is 4.92 Å². The summed E-state index contributed by atoms with van der Waals surface area (Å²) in [4.78, 5) is 11.0. The lowest BCUT2D eigenvalue weighted by Gasteiger charge is -1.91. The number of nitro groups is 1. The summed E-state index contributed by atoms with van der Waals surface area (Å²) in [6.45, 7) is 0. The van der Waals surface area contributed by atoms with Crippen LogP contribution in [0.5, 0.6) is 0 Å². The fraction of sp³-hybridized carbons (Fsp3) is 0. The van der Waals surface area contributed by atoms with Gasteiger partial charge >= 0.3 is 0 Å². The highest BCUT2D eigenvalue weighted by Crippen LogP contribution is 2.26. The fourth-order valence-corrected chi connectivity index (χ4v) is 2.08. The first-order valence-electron chi connectivity index (χ1n) is 4.72. The molecule has 0 saturated carbocycles. The highest BCUT2D eigenvalue weighted by atomic mass is 32.1. The zero-order chi connectivity index (χ0) is 11.4. The number of benzene rings is 1. The van der Waals surface area contributed by atoms with Crippen LogP contribution in [0.2, 0.25) is 0 Å². The SMILES string of the molecule is O=[N+]([O-])c1ccsc1/C=C/c1ccccc1. The number of nitrogens with zero attached hydrogens (tertiary/aromatic N) is 1. The predicted molar refractivity (Wildman–Crippen MR) is 66.3 cm³/mol. The Morgan fingerprint density at radius 1 is 1.12 bits per heavy atom. The smallest absolute Gasteiger partial charge is 0.258 e. The molecule has 4 heteroatoms. The van der Waals surface area contributed by atoms with Crippen molar-refractivity contribution in [2.75, 3.05) is 0 Å². The molecule has 80 valence electrons. The Hall–Kier alpha value is -1.94. The van der Waals surface area contributed by atoms with Gasteiger partial charge in [0.15, 0.2) is 0 Å². The number of hydrogen-bond donors (Lipinski definition) is 0. The number of thiophene rings is 1. The van der Waals surface area contributed by atoms with Crippen LogP contribution in [0.25, 0.3) is 12.2 Å². The van der Waals surface area contributed by atoms with Gasteiger partial charge < -0.3 is 0 Å². The molecule has 0 fully saturated rings. The van der Waals surface area contributed by atoms with E-state index in [1.807, 2.05) is 36.4 Å². The summed E-state index contributed by atoms with van der Waals surface area (Å²) < 4.78 is 0. The van der Waals surface area contributed by atoms with Crippen LogP contribution in [0, 0.1) is 10.1 Å². The summed E-state index contributed by atoms with van der Waals surface area (Å²) in [5.74, 6) is 0. The number of rotatable bonds is 3. The third kappa shape index (κ3) is 2.35. The molecule has 2 aromatic rings. The van der Waals surface area contributed by atoms with E-state index in [4.69, 9.17) is 0 Å². The first-order valence-corrected chi connectivity index (χ1v) is 5.60. The minimum Gasteiger partial charge on any atom is -0.258 e. The Balaban J connectivity index is 2.24. The maximum atomic E-state index is 10.7. The summed E-state index contributed by atoms with van der Waals surface area (Å²) in [6.07, 6.45) is 3.65. The average molecular weight is 231 g/mol. The Bertz CT molecular complexity index is 517. The maximum Gasteiger partial charge on any atom is 0.287 e. The van der Waals surface area contributed by atoms with Crippen molar-refractivity contribution in [1.82, 2.24) is 0 Å². The molecule has 0 N–H and O–H groups in total. The van der Waals surface area contributed by atoms with Crippen molar-refractivity contribution in [3.63, 3.8) is 0 Å². The number of hydrogen-bond acceptors (Lipinski definition) is 3. The van der Waals surface area contributed by atoms with Crippen LogP contribution in [0.1, 0.15) is 10.4 Å². The van der Waals surface area contributed by atoms with Crippen molar-refractivity contribution >= 4 is 29.2 Å². The van der Waals surface area contributed by atoms with Gasteiger partial charge in [-0.15, -0.1) is 11.3 Å². The average Bonchev–Trinajstić information content (AvgIpc) is 2.76. The first kappa shape index (κ1) is 10.6. The zero-order valence-corrected chi connectivity index (χ0v) is 9.18. The lowest BCUT2D eigenvalue weighted by molar-refractivity contribution is -0.384. The third-order valence-electron chi connectivity index (χ3n) is 2.10. The molecular weight excluding hydrogens is 222 g/mol. The van der Waals surface area contributed by atoms with Crippen LogP contribution >= 0.6 is 11.3 Å².